The number of hydrogen-bond acceptors (Lipinski definition) is 10. The van der Waals surface area contributed by atoms with Gasteiger partial charge in [-0.25, -0.2) is 15.0 Å². The number of morpholine rings is 1. The number of nitro groups is 1. The van der Waals surface area contributed by atoms with E-state index >= 15 is 0 Å². The first kappa shape index (κ1) is 24.0. The lowest BCUT2D eigenvalue weighted by Gasteiger charge is -2.31. The number of pyridine rings is 1. The molecule has 0 radical (unpaired) electrons. The van der Waals surface area contributed by atoms with Crippen LogP contribution in [0.1, 0.15) is 24.0 Å². The molecule has 1 aromatic carbocycles. The van der Waals surface area contributed by atoms with Gasteiger partial charge in [0.05, 0.1) is 34.1 Å². The number of carbonyl (C=O) groups excluding carboxylic acids is 1. The largest absolute Gasteiger partial charge is 0.378 e. The number of benzene rings is 1. The highest BCUT2D eigenvalue weighted by Gasteiger charge is 2.26. The molecule has 1 saturated heterocycles. The van der Waals surface area contributed by atoms with Gasteiger partial charge >= 0.3 is 0 Å². The highest BCUT2D eigenvalue weighted by atomic mass is 32.2. The molecule has 1 aliphatic carbocycles. The third kappa shape index (κ3) is 4.60. The lowest BCUT2D eigenvalue weighted by molar-refractivity contribution is -0.383. The van der Waals surface area contributed by atoms with Gasteiger partial charge in [-0.15, -0.1) is 11.3 Å². The average molecular weight is 537 g/mol. The number of nitrogens with zero attached hydrogens (tertiary/aromatic N) is 5. The van der Waals surface area contributed by atoms with Crippen LogP contribution in [0.15, 0.2) is 35.6 Å². The van der Waals surface area contributed by atoms with Crippen molar-refractivity contribution in [2.45, 2.75) is 30.7 Å². The summed E-state index contributed by atoms with van der Waals surface area (Å²) in [4.78, 5) is 40.9. The molecule has 2 aliphatic rings. The molecule has 4 heterocycles. The number of nitrogens with one attached hydrogen (secondary N) is 1. The van der Waals surface area contributed by atoms with Crippen LogP contribution >= 0.6 is 23.1 Å². The van der Waals surface area contributed by atoms with E-state index in [1.165, 1.54) is 35.0 Å². The maximum Gasteiger partial charge on any atom is 0.292 e. The maximum atomic E-state index is 12.7. The molecule has 1 amide bonds. The summed E-state index contributed by atoms with van der Waals surface area (Å²) in [7, 11) is 0. The number of aromatic nitrogens is 3. The molecule has 3 aromatic heterocycles. The molecule has 0 unspecified atom stereocenters. The summed E-state index contributed by atoms with van der Waals surface area (Å²) in [6.45, 7) is 3.10. The second kappa shape index (κ2) is 10.2. The van der Waals surface area contributed by atoms with Crippen molar-refractivity contribution >= 4 is 66.6 Å². The van der Waals surface area contributed by atoms with Crippen LogP contribution in [0.3, 0.4) is 0 Å². The highest BCUT2D eigenvalue weighted by Crippen LogP contribution is 2.43. The van der Waals surface area contributed by atoms with Crippen molar-refractivity contribution < 1.29 is 14.5 Å². The molecule has 6 rings (SSSR count). The zero-order chi connectivity index (χ0) is 25.4. The predicted molar refractivity (Wildman–Crippen MR) is 145 cm³/mol. The first-order chi connectivity index (χ1) is 18.1. The Kier molecular flexibility index (Phi) is 6.61. The SMILES string of the molecule is O=C(CSc1ncnc2c1sc1nc(N3CCOCC3)c3c(c12)CCCC3)Nc1ccccc1[N+](=O)[O-]. The van der Waals surface area contributed by atoms with Gasteiger partial charge in [-0.2, -0.15) is 0 Å². The number of nitro benzene ring substituents is 1. The fourth-order valence-corrected chi connectivity index (χ4v) is 7.05. The van der Waals surface area contributed by atoms with E-state index in [0.29, 0.717) is 18.2 Å². The van der Waals surface area contributed by atoms with Gasteiger partial charge in [0.25, 0.3) is 5.69 Å². The molecule has 4 aromatic rings. The van der Waals surface area contributed by atoms with E-state index in [4.69, 9.17) is 9.72 Å². The second-order valence-electron chi connectivity index (χ2n) is 8.95. The molecule has 1 fully saturated rings. The number of anilines is 2. The molecule has 12 heteroatoms. The van der Waals surface area contributed by atoms with E-state index in [2.05, 4.69) is 20.2 Å². The summed E-state index contributed by atoms with van der Waals surface area (Å²) < 4.78 is 6.48. The quantitative estimate of drug-likeness (QED) is 0.163. The van der Waals surface area contributed by atoms with Gasteiger partial charge in [0.15, 0.2) is 0 Å². The zero-order valence-corrected chi connectivity index (χ0v) is 21.6. The Morgan fingerprint density at radius 1 is 1.16 bits per heavy atom. The van der Waals surface area contributed by atoms with E-state index in [1.54, 1.807) is 29.8 Å². The van der Waals surface area contributed by atoms with Gasteiger partial charge in [0, 0.05) is 24.5 Å². The summed E-state index contributed by atoms with van der Waals surface area (Å²) in [5.74, 6) is 0.803. The van der Waals surface area contributed by atoms with Crippen molar-refractivity contribution in [2.75, 3.05) is 42.3 Å². The minimum Gasteiger partial charge on any atom is -0.378 e. The number of fused-ring (bicyclic) bond motifs is 5. The first-order valence-electron chi connectivity index (χ1n) is 12.2. The van der Waals surface area contributed by atoms with E-state index in [-0.39, 0.29) is 23.0 Å². The van der Waals surface area contributed by atoms with Crippen LogP contribution in [0.4, 0.5) is 17.2 Å². The summed E-state index contributed by atoms with van der Waals surface area (Å²) in [5, 5.41) is 15.7. The van der Waals surface area contributed by atoms with Gasteiger partial charge in [0.2, 0.25) is 5.91 Å². The number of rotatable bonds is 6. The number of thioether (sulfide) groups is 1. The Morgan fingerprint density at radius 2 is 1.95 bits per heavy atom. The smallest absolute Gasteiger partial charge is 0.292 e. The number of ether oxygens (including phenoxy) is 1. The number of carbonyl (C=O) groups is 1. The molecule has 0 spiro atoms. The summed E-state index contributed by atoms with van der Waals surface area (Å²) in [5.41, 5.74) is 3.60. The van der Waals surface area contributed by atoms with Crippen molar-refractivity contribution in [1.82, 2.24) is 15.0 Å². The van der Waals surface area contributed by atoms with Gasteiger partial charge in [-0.1, -0.05) is 23.9 Å². The first-order valence-corrected chi connectivity index (χ1v) is 14.0. The van der Waals surface area contributed by atoms with E-state index in [9.17, 15) is 14.9 Å². The minimum absolute atomic E-state index is 0.0664. The number of aryl methyl sites for hydroxylation is 1. The van der Waals surface area contributed by atoms with Gasteiger partial charge in [-0.05, 0) is 42.9 Å². The fraction of sp³-hybridized carbons (Fsp3) is 0.360. The molecule has 190 valence electrons. The van der Waals surface area contributed by atoms with Crippen LogP contribution in [0.25, 0.3) is 20.4 Å². The Balaban J connectivity index is 1.32. The van der Waals surface area contributed by atoms with Crippen molar-refractivity contribution in [3.8, 4) is 0 Å². The molecule has 10 nitrogen and oxygen atoms in total. The molecule has 0 atom stereocenters. The number of thiophene rings is 1. The topological polar surface area (TPSA) is 123 Å². The molecule has 1 aliphatic heterocycles. The summed E-state index contributed by atoms with van der Waals surface area (Å²) in [6.07, 6.45) is 5.86. The number of hydrogen-bond donors (Lipinski definition) is 1. The van der Waals surface area contributed by atoms with Gasteiger partial charge < -0.3 is 15.0 Å². The lowest BCUT2D eigenvalue weighted by atomic mass is 9.90. The Morgan fingerprint density at radius 3 is 2.76 bits per heavy atom. The predicted octanol–water partition coefficient (Wildman–Crippen LogP) is 4.59. The third-order valence-corrected chi connectivity index (χ3v) is 8.89. The lowest BCUT2D eigenvalue weighted by Crippen LogP contribution is -2.37. The van der Waals surface area contributed by atoms with E-state index in [0.717, 1.165) is 65.0 Å². The zero-order valence-electron chi connectivity index (χ0n) is 19.9. The number of para-hydroxylation sites is 2. The second-order valence-corrected chi connectivity index (χ2v) is 10.9. The van der Waals surface area contributed by atoms with Crippen LogP contribution in [0.5, 0.6) is 0 Å². The van der Waals surface area contributed by atoms with Crippen LogP contribution in [-0.4, -0.2) is 57.8 Å². The van der Waals surface area contributed by atoms with Gasteiger partial charge in [-0.3, -0.25) is 14.9 Å². The standard InChI is InChI=1S/C25H24N6O4S2/c32-19(28-17-7-3-4-8-18(17)31(33)34)13-36-25-22-21(26-14-27-25)20-15-5-1-2-6-16(15)23(29-24(20)37-22)30-9-11-35-12-10-30/h3-4,7-8,14H,1-2,5-6,9-13H2,(H,28,32). The van der Waals surface area contributed by atoms with Crippen LogP contribution in [-0.2, 0) is 22.4 Å². The highest BCUT2D eigenvalue weighted by molar-refractivity contribution is 8.00. The van der Waals surface area contributed by atoms with E-state index < -0.39 is 4.92 Å². The van der Waals surface area contributed by atoms with Gasteiger partial charge in [0.1, 0.15) is 27.7 Å². The van der Waals surface area contributed by atoms with Crippen molar-refractivity contribution in [3.05, 3.63) is 51.8 Å². The average Bonchev–Trinajstić information content (AvgIpc) is 3.31. The third-order valence-electron chi connectivity index (χ3n) is 6.69. The normalized spacial score (nSPS) is 15.6. The van der Waals surface area contributed by atoms with E-state index in [1.807, 2.05) is 0 Å². The molecular formula is C25H24N6O4S2. The Bertz CT molecular complexity index is 1520. The number of amides is 1. The summed E-state index contributed by atoms with van der Waals surface area (Å²) >= 11 is 2.86. The molecule has 37 heavy (non-hydrogen) atoms. The van der Waals surface area contributed by atoms with Crippen LogP contribution in [0, 0.1) is 10.1 Å². The Labute approximate surface area is 220 Å². The maximum absolute atomic E-state index is 12.7. The summed E-state index contributed by atoms with van der Waals surface area (Å²) in [6, 6.07) is 6.11. The minimum atomic E-state index is -0.507. The molecule has 0 saturated carbocycles. The van der Waals surface area contributed by atoms with Crippen molar-refractivity contribution in [1.29, 1.82) is 0 Å². The Hall–Kier alpha value is -3.35. The monoisotopic (exact) mass is 536 g/mol. The molecule has 1 N–H and O–H groups in total. The fourth-order valence-electron chi connectivity index (χ4n) is 5.02. The van der Waals surface area contributed by atoms with Crippen molar-refractivity contribution in [2.24, 2.45) is 0 Å². The molecule has 0 bridgehead atoms. The molecular weight excluding hydrogens is 512 g/mol. The van der Waals surface area contributed by atoms with Crippen LogP contribution < -0.4 is 10.2 Å². The van der Waals surface area contributed by atoms with Crippen molar-refractivity contribution in [3.63, 3.8) is 0 Å². The van der Waals surface area contributed by atoms with Crippen LogP contribution in [0.2, 0.25) is 0 Å².